The Hall–Kier alpha value is -1.52. The summed E-state index contributed by atoms with van der Waals surface area (Å²) in [6, 6.07) is 0. The van der Waals surface area contributed by atoms with Crippen LogP contribution in [-0.4, -0.2) is 17.5 Å². The maximum absolute atomic E-state index is 5.69. The molecular weight excluding hydrogens is 204 g/mol. The molecule has 5 nitrogen and oxygen atoms in total. The number of oxazole rings is 1. The number of nitrogens with one attached hydrogen (secondary N) is 1. The van der Waals surface area contributed by atoms with Gasteiger partial charge in [0.25, 0.3) is 0 Å². The molecule has 0 aliphatic rings. The Labute approximate surface area is 96.1 Å². The van der Waals surface area contributed by atoms with E-state index >= 15 is 0 Å². The van der Waals surface area contributed by atoms with Crippen molar-refractivity contribution in [2.24, 2.45) is 16.6 Å². The van der Waals surface area contributed by atoms with Gasteiger partial charge in [0.05, 0.1) is 6.20 Å². The number of aromatic nitrogens is 1. The third-order valence-electron chi connectivity index (χ3n) is 2.00. The van der Waals surface area contributed by atoms with Gasteiger partial charge in [-0.05, 0) is 5.92 Å². The molecule has 0 aliphatic carbocycles. The van der Waals surface area contributed by atoms with E-state index in [0.717, 1.165) is 24.6 Å². The Morgan fingerprint density at radius 1 is 1.62 bits per heavy atom. The van der Waals surface area contributed by atoms with Crippen molar-refractivity contribution >= 4 is 5.96 Å². The molecule has 16 heavy (non-hydrogen) atoms. The minimum atomic E-state index is 0.434. The average Bonchev–Trinajstić information content (AvgIpc) is 2.71. The minimum absolute atomic E-state index is 0.434. The van der Waals surface area contributed by atoms with Crippen LogP contribution in [0.15, 0.2) is 15.6 Å². The summed E-state index contributed by atoms with van der Waals surface area (Å²) in [6.07, 6.45) is 2.49. The zero-order chi connectivity index (χ0) is 12.0. The van der Waals surface area contributed by atoms with Crippen LogP contribution in [0.4, 0.5) is 0 Å². The van der Waals surface area contributed by atoms with Crippen LogP contribution in [0.1, 0.15) is 32.4 Å². The van der Waals surface area contributed by atoms with Gasteiger partial charge in [-0.2, -0.15) is 0 Å². The molecule has 0 radical (unpaired) electrons. The molecule has 0 fully saturated rings. The first-order valence-corrected chi connectivity index (χ1v) is 5.59. The van der Waals surface area contributed by atoms with Crippen molar-refractivity contribution in [3.05, 3.63) is 17.8 Å². The summed E-state index contributed by atoms with van der Waals surface area (Å²) in [7, 11) is 0. The lowest BCUT2D eigenvalue weighted by Gasteiger charge is -2.07. The number of rotatable bonds is 5. The summed E-state index contributed by atoms with van der Waals surface area (Å²) in [5, 5.41) is 3.04. The van der Waals surface area contributed by atoms with Crippen molar-refractivity contribution in [1.82, 2.24) is 10.3 Å². The molecule has 0 atom stereocenters. The van der Waals surface area contributed by atoms with Crippen molar-refractivity contribution in [3.63, 3.8) is 0 Å². The summed E-state index contributed by atoms with van der Waals surface area (Å²) in [5.74, 6) is 2.47. The van der Waals surface area contributed by atoms with Gasteiger partial charge in [-0.1, -0.05) is 20.8 Å². The van der Waals surface area contributed by atoms with Gasteiger partial charge in [-0.15, -0.1) is 0 Å². The highest BCUT2D eigenvalue weighted by atomic mass is 16.4. The van der Waals surface area contributed by atoms with Crippen LogP contribution in [0.5, 0.6) is 0 Å². The highest BCUT2D eigenvalue weighted by molar-refractivity contribution is 5.77. The van der Waals surface area contributed by atoms with Gasteiger partial charge in [-0.3, -0.25) is 0 Å². The smallest absolute Gasteiger partial charge is 0.194 e. The van der Waals surface area contributed by atoms with Gasteiger partial charge < -0.3 is 15.5 Å². The highest BCUT2D eigenvalue weighted by Gasteiger charge is 2.01. The molecule has 1 rings (SSSR count). The fourth-order valence-electron chi connectivity index (χ4n) is 1.11. The largest absolute Gasteiger partial charge is 0.444 e. The number of nitrogens with two attached hydrogens (primary N) is 1. The van der Waals surface area contributed by atoms with Gasteiger partial charge in [-0.25, -0.2) is 9.98 Å². The quantitative estimate of drug-likeness (QED) is 0.584. The zero-order valence-electron chi connectivity index (χ0n) is 10.2. The molecule has 5 heteroatoms. The third-order valence-corrected chi connectivity index (χ3v) is 2.00. The maximum Gasteiger partial charge on any atom is 0.194 e. The van der Waals surface area contributed by atoms with Crippen LogP contribution in [-0.2, 0) is 13.0 Å². The summed E-state index contributed by atoms with van der Waals surface area (Å²) in [6.45, 7) is 7.49. The van der Waals surface area contributed by atoms with Crippen LogP contribution in [0.3, 0.4) is 0 Å². The van der Waals surface area contributed by atoms with Crippen LogP contribution < -0.4 is 11.1 Å². The molecular formula is C11H20N4O. The van der Waals surface area contributed by atoms with Gasteiger partial charge in [0.15, 0.2) is 11.9 Å². The first-order valence-electron chi connectivity index (χ1n) is 5.59. The number of guanidine groups is 1. The second kappa shape index (κ2) is 6.15. The lowest BCUT2D eigenvalue weighted by Crippen LogP contribution is -2.34. The predicted molar refractivity (Wildman–Crippen MR) is 64.0 cm³/mol. The molecule has 1 aromatic heterocycles. The summed E-state index contributed by atoms with van der Waals surface area (Å²) >= 11 is 0. The predicted octanol–water partition coefficient (Wildman–Crippen LogP) is 1.30. The minimum Gasteiger partial charge on any atom is -0.444 e. The van der Waals surface area contributed by atoms with Crippen molar-refractivity contribution < 1.29 is 4.42 Å². The molecule has 0 saturated carbocycles. The van der Waals surface area contributed by atoms with Gasteiger partial charge in [0, 0.05) is 13.0 Å². The molecule has 0 amide bonds. The van der Waals surface area contributed by atoms with E-state index in [1.807, 2.05) is 6.92 Å². The van der Waals surface area contributed by atoms with E-state index < -0.39 is 0 Å². The fraction of sp³-hybridized carbons (Fsp3) is 0.636. The molecule has 0 aromatic carbocycles. The SMILES string of the molecule is CCc1ncc(CN=C(N)NCC(C)C)o1. The molecule has 0 bridgehead atoms. The van der Waals surface area contributed by atoms with E-state index in [0.29, 0.717) is 18.4 Å². The van der Waals surface area contributed by atoms with Crippen LogP contribution in [0, 0.1) is 5.92 Å². The number of nitrogens with zero attached hydrogens (tertiary/aromatic N) is 2. The number of hydrogen-bond acceptors (Lipinski definition) is 3. The molecule has 90 valence electrons. The summed E-state index contributed by atoms with van der Waals surface area (Å²) in [4.78, 5) is 8.25. The lowest BCUT2D eigenvalue weighted by atomic mass is 10.2. The number of aryl methyl sites for hydroxylation is 1. The molecule has 1 aromatic rings. The van der Waals surface area contributed by atoms with Gasteiger partial charge in [0.1, 0.15) is 12.3 Å². The van der Waals surface area contributed by atoms with Crippen molar-refractivity contribution in [1.29, 1.82) is 0 Å². The second-order valence-electron chi connectivity index (χ2n) is 4.05. The number of aliphatic imine (C=N–C) groups is 1. The van der Waals surface area contributed by atoms with Crippen molar-refractivity contribution in [3.8, 4) is 0 Å². The molecule has 0 unspecified atom stereocenters. The second-order valence-corrected chi connectivity index (χ2v) is 4.05. The zero-order valence-corrected chi connectivity index (χ0v) is 10.2. The van der Waals surface area contributed by atoms with E-state index in [1.54, 1.807) is 6.20 Å². The van der Waals surface area contributed by atoms with E-state index in [4.69, 9.17) is 10.2 Å². The fourth-order valence-corrected chi connectivity index (χ4v) is 1.11. The Morgan fingerprint density at radius 2 is 2.38 bits per heavy atom. The van der Waals surface area contributed by atoms with Crippen molar-refractivity contribution in [2.75, 3.05) is 6.54 Å². The third kappa shape index (κ3) is 4.33. The van der Waals surface area contributed by atoms with Crippen LogP contribution in [0.2, 0.25) is 0 Å². The lowest BCUT2D eigenvalue weighted by molar-refractivity contribution is 0.461. The molecule has 0 spiro atoms. The summed E-state index contributed by atoms with van der Waals surface area (Å²) < 4.78 is 5.41. The van der Waals surface area contributed by atoms with Gasteiger partial charge in [0.2, 0.25) is 0 Å². The van der Waals surface area contributed by atoms with Crippen LogP contribution in [0.25, 0.3) is 0 Å². The van der Waals surface area contributed by atoms with E-state index in [-0.39, 0.29) is 0 Å². The van der Waals surface area contributed by atoms with Gasteiger partial charge >= 0.3 is 0 Å². The Morgan fingerprint density at radius 3 is 2.94 bits per heavy atom. The standard InChI is InChI=1S/C11H20N4O/c1-4-10-13-6-9(16-10)7-15-11(12)14-5-8(2)3/h6,8H,4-5,7H2,1-3H3,(H3,12,14,15). The topological polar surface area (TPSA) is 76.4 Å². The molecule has 0 aliphatic heterocycles. The highest BCUT2D eigenvalue weighted by Crippen LogP contribution is 2.05. The molecule has 0 saturated heterocycles. The molecule has 1 heterocycles. The molecule has 3 N–H and O–H groups in total. The van der Waals surface area contributed by atoms with E-state index in [1.165, 1.54) is 0 Å². The number of hydrogen-bond donors (Lipinski definition) is 2. The van der Waals surface area contributed by atoms with E-state index in [9.17, 15) is 0 Å². The summed E-state index contributed by atoms with van der Waals surface area (Å²) in [5.41, 5.74) is 5.69. The Balaban J connectivity index is 2.39. The first kappa shape index (κ1) is 12.5. The monoisotopic (exact) mass is 224 g/mol. The average molecular weight is 224 g/mol. The Kier molecular flexibility index (Phi) is 4.82. The van der Waals surface area contributed by atoms with E-state index in [2.05, 4.69) is 29.1 Å². The van der Waals surface area contributed by atoms with Crippen LogP contribution >= 0.6 is 0 Å². The Bertz CT molecular complexity index is 344. The van der Waals surface area contributed by atoms with Crippen molar-refractivity contribution in [2.45, 2.75) is 33.7 Å². The normalized spacial score (nSPS) is 12.1. The first-order chi connectivity index (χ1) is 7.61. The maximum atomic E-state index is 5.69.